The summed E-state index contributed by atoms with van der Waals surface area (Å²) in [7, 11) is 1.59. The second-order valence-electron chi connectivity index (χ2n) is 8.87. The Bertz CT molecular complexity index is 1450. The third-order valence-electron chi connectivity index (χ3n) is 6.12. The van der Waals surface area contributed by atoms with Gasteiger partial charge in [-0.1, -0.05) is 50.6 Å². The lowest BCUT2D eigenvalue weighted by Gasteiger charge is -2.24. The average molecular weight is 536 g/mol. The third kappa shape index (κ3) is 6.61. The molecule has 206 valence electrons. The standard InChI is InChI=1S/C28H33N5O6/c1-4-6-17-32(23-24(29)33(16-5-2)28(38)30-25(23)35)22(34)18-39-27(37)21-15-11-10-14-20(21)26(36)31(3)19-12-8-7-9-13-19/h7-15H,4-6,16-18,29H2,1-3H3,(H,30,35,38). The molecule has 1 aromatic heterocycles. The molecule has 2 amide bonds. The normalized spacial score (nSPS) is 10.6. The zero-order valence-electron chi connectivity index (χ0n) is 22.3. The lowest BCUT2D eigenvalue weighted by Crippen LogP contribution is -2.43. The SMILES string of the molecule is CCCCN(C(=O)COC(=O)c1ccccc1C(=O)N(C)c1ccccc1)c1c(N)n(CCC)c(=O)[nH]c1=O. The Labute approximate surface area is 225 Å². The molecular formula is C28H33N5O6. The molecule has 11 heteroatoms. The summed E-state index contributed by atoms with van der Waals surface area (Å²) in [6.07, 6.45) is 1.82. The largest absolute Gasteiger partial charge is 0.452 e. The predicted molar refractivity (Wildman–Crippen MR) is 149 cm³/mol. The van der Waals surface area contributed by atoms with Gasteiger partial charge in [0.2, 0.25) is 0 Å². The zero-order chi connectivity index (χ0) is 28.5. The molecule has 1 heterocycles. The fraction of sp³-hybridized carbons (Fsp3) is 0.321. The van der Waals surface area contributed by atoms with E-state index in [0.29, 0.717) is 24.9 Å². The number of ether oxygens (including phenoxy) is 1. The smallest absolute Gasteiger partial charge is 0.339 e. The van der Waals surface area contributed by atoms with Crippen LogP contribution in [0.2, 0.25) is 0 Å². The van der Waals surface area contributed by atoms with Gasteiger partial charge in [0.15, 0.2) is 12.3 Å². The number of unbranched alkanes of at least 4 members (excludes halogenated alkanes) is 1. The Hall–Kier alpha value is -4.67. The van der Waals surface area contributed by atoms with Crippen LogP contribution in [0.25, 0.3) is 0 Å². The fourth-order valence-electron chi connectivity index (χ4n) is 4.04. The van der Waals surface area contributed by atoms with E-state index in [-0.39, 0.29) is 35.7 Å². The molecule has 0 saturated heterocycles. The number of benzene rings is 2. The van der Waals surface area contributed by atoms with Crippen LogP contribution in [-0.2, 0) is 16.1 Å². The summed E-state index contributed by atoms with van der Waals surface area (Å²) in [4.78, 5) is 69.1. The van der Waals surface area contributed by atoms with Crippen molar-refractivity contribution in [2.24, 2.45) is 0 Å². The first-order valence-corrected chi connectivity index (χ1v) is 12.7. The topological polar surface area (TPSA) is 148 Å². The molecule has 3 rings (SSSR count). The number of para-hydroxylation sites is 1. The number of hydrogen-bond acceptors (Lipinski definition) is 7. The molecule has 0 spiro atoms. The van der Waals surface area contributed by atoms with Crippen molar-refractivity contribution >= 4 is 35.0 Å². The monoisotopic (exact) mass is 535 g/mol. The van der Waals surface area contributed by atoms with Gasteiger partial charge in [0.25, 0.3) is 17.4 Å². The highest BCUT2D eigenvalue weighted by Crippen LogP contribution is 2.20. The van der Waals surface area contributed by atoms with Crippen LogP contribution in [0.15, 0.2) is 64.2 Å². The Morgan fingerprint density at radius 3 is 2.23 bits per heavy atom. The minimum Gasteiger partial charge on any atom is -0.452 e. The molecule has 11 nitrogen and oxygen atoms in total. The van der Waals surface area contributed by atoms with E-state index >= 15 is 0 Å². The zero-order valence-corrected chi connectivity index (χ0v) is 22.3. The van der Waals surface area contributed by atoms with Crippen LogP contribution in [0.5, 0.6) is 0 Å². The Morgan fingerprint density at radius 1 is 0.949 bits per heavy atom. The van der Waals surface area contributed by atoms with Crippen LogP contribution in [0, 0.1) is 0 Å². The van der Waals surface area contributed by atoms with Gasteiger partial charge in [0.1, 0.15) is 5.82 Å². The number of nitrogens with one attached hydrogen (secondary N) is 1. The summed E-state index contributed by atoms with van der Waals surface area (Å²) in [5, 5.41) is 0. The van der Waals surface area contributed by atoms with Crippen molar-refractivity contribution in [2.75, 3.05) is 35.7 Å². The number of amides is 2. The molecule has 0 bridgehead atoms. The number of H-pyrrole nitrogens is 1. The molecule has 0 atom stereocenters. The molecule has 0 radical (unpaired) electrons. The van der Waals surface area contributed by atoms with E-state index in [4.69, 9.17) is 10.5 Å². The summed E-state index contributed by atoms with van der Waals surface area (Å²) in [6.45, 7) is 3.43. The number of aromatic nitrogens is 2. The van der Waals surface area contributed by atoms with E-state index in [1.165, 1.54) is 21.6 Å². The summed E-state index contributed by atoms with van der Waals surface area (Å²) >= 11 is 0. The van der Waals surface area contributed by atoms with Gasteiger partial charge in [0.05, 0.1) is 11.1 Å². The summed E-state index contributed by atoms with van der Waals surface area (Å²) in [5.74, 6) is -2.13. The van der Waals surface area contributed by atoms with Gasteiger partial charge in [-0.05, 0) is 37.1 Å². The second-order valence-corrected chi connectivity index (χ2v) is 8.87. The van der Waals surface area contributed by atoms with Crippen molar-refractivity contribution in [3.8, 4) is 0 Å². The van der Waals surface area contributed by atoms with E-state index in [0.717, 1.165) is 4.90 Å². The van der Waals surface area contributed by atoms with Crippen molar-refractivity contribution in [3.05, 3.63) is 86.6 Å². The first kappa shape index (κ1) is 28.9. The van der Waals surface area contributed by atoms with E-state index in [9.17, 15) is 24.0 Å². The highest BCUT2D eigenvalue weighted by Gasteiger charge is 2.26. The molecule has 2 aromatic carbocycles. The van der Waals surface area contributed by atoms with E-state index in [1.54, 1.807) is 43.4 Å². The second kappa shape index (κ2) is 13.2. The lowest BCUT2D eigenvalue weighted by atomic mass is 10.1. The van der Waals surface area contributed by atoms with Crippen LogP contribution in [0.3, 0.4) is 0 Å². The number of nitrogen functional groups attached to an aromatic ring is 1. The third-order valence-corrected chi connectivity index (χ3v) is 6.12. The summed E-state index contributed by atoms with van der Waals surface area (Å²) in [5.41, 5.74) is 5.25. The molecule has 0 aliphatic carbocycles. The number of carbonyl (C=O) groups is 3. The molecular weight excluding hydrogens is 502 g/mol. The van der Waals surface area contributed by atoms with Crippen LogP contribution in [0.4, 0.5) is 17.2 Å². The fourth-order valence-corrected chi connectivity index (χ4v) is 4.04. The van der Waals surface area contributed by atoms with Gasteiger partial charge in [-0.3, -0.25) is 23.9 Å². The molecule has 0 saturated carbocycles. The van der Waals surface area contributed by atoms with Crippen molar-refractivity contribution in [2.45, 2.75) is 39.7 Å². The van der Waals surface area contributed by atoms with Gasteiger partial charge in [-0.15, -0.1) is 0 Å². The Kier molecular flexibility index (Phi) is 9.80. The Morgan fingerprint density at radius 2 is 1.59 bits per heavy atom. The minimum atomic E-state index is -0.873. The summed E-state index contributed by atoms with van der Waals surface area (Å²) in [6, 6.07) is 15.1. The van der Waals surface area contributed by atoms with Gasteiger partial charge in [-0.25, -0.2) is 9.59 Å². The number of aromatic amines is 1. The van der Waals surface area contributed by atoms with Crippen LogP contribution < -0.4 is 26.8 Å². The highest BCUT2D eigenvalue weighted by molar-refractivity contribution is 6.12. The molecule has 0 aliphatic rings. The van der Waals surface area contributed by atoms with Crippen LogP contribution >= 0.6 is 0 Å². The number of carbonyl (C=O) groups excluding carboxylic acids is 3. The molecule has 0 aliphatic heterocycles. The number of nitrogens with zero attached hydrogens (tertiary/aromatic N) is 3. The van der Waals surface area contributed by atoms with E-state index in [1.807, 2.05) is 19.9 Å². The minimum absolute atomic E-state index is 0.00736. The number of esters is 1. The van der Waals surface area contributed by atoms with Gasteiger partial charge < -0.3 is 20.3 Å². The highest BCUT2D eigenvalue weighted by atomic mass is 16.5. The van der Waals surface area contributed by atoms with Crippen molar-refractivity contribution in [1.29, 1.82) is 0 Å². The van der Waals surface area contributed by atoms with Crippen LogP contribution in [0.1, 0.15) is 53.8 Å². The number of nitrogens with two attached hydrogens (primary N) is 1. The maximum absolute atomic E-state index is 13.2. The Balaban J connectivity index is 1.85. The van der Waals surface area contributed by atoms with E-state index in [2.05, 4.69) is 4.98 Å². The quantitative estimate of drug-likeness (QED) is 0.359. The number of hydrogen-bond donors (Lipinski definition) is 2. The van der Waals surface area contributed by atoms with Crippen molar-refractivity contribution in [3.63, 3.8) is 0 Å². The van der Waals surface area contributed by atoms with E-state index < -0.39 is 35.6 Å². The van der Waals surface area contributed by atoms with Crippen molar-refractivity contribution < 1.29 is 19.1 Å². The molecule has 3 aromatic rings. The van der Waals surface area contributed by atoms with Gasteiger partial charge >= 0.3 is 11.7 Å². The lowest BCUT2D eigenvalue weighted by molar-refractivity contribution is -0.121. The molecule has 3 N–H and O–H groups in total. The maximum atomic E-state index is 13.2. The first-order chi connectivity index (χ1) is 18.7. The number of rotatable bonds is 11. The van der Waals surface area contributed by atoms with Crippen molar-refractivity contribution in [1.82, 2.24) is 9.55 Å². The molecule has 0 fully saturated rings. The maximum Gasteiger partial charge on any atom is 0.339 e. The molecule has 0 unspecified atom stereocenters. The van der Waals surface area contributed by atoms with Crippen LogP contribution in [-0.4, -0.2) is 47.5 Å². The average Bonchev–Trinajstić information content (AvgIpc) is 2.95. The summed E-state index contributed by atoms with van der Waals surface area (Å²) < 4.78 is 6.50. The predicted octanol–water partition coefficient (Wildman–Crippen LogP) is 2.80. The van der Waals surface area contributed by atoms with Gasteiger partial charge in [0, 0.05) is 25.8 Å². The van der Waals surface area contributed by atoms with Gasteiger partial charge in [-0.2, -0.15) is 0 Å². The molecule has 39 heavy (non-hydrogen) atoms. The first-order valence-electron chi connectivity index (χ1n) is 12.7. The number of anilines is 3.